The zero-order valence-electron chi connectivity index (χ0n) is 6.06. The van der Waals surface area contributed by atoms with Crippen LogP contribution in [-0.2, 0) is 6.54 Å². The average Bonchev–Trinajstić information content (AvgIpc) is 2.39. The molecule has 0 fully saturated rings. The zero-order valence-corrected chi connectivity index (χ0v) is 6.88. The van der Waals surface area contributed by atoms with Crippen LogP contribution >= 0.6 is 11.8 Å². The lowest BCUT2D eigenvalue weighted by Gasteiger charge is -1.94. The maximum Gasteiger partial charge on any atom is 0.210 e. The molecule has 6 heteroatoms. The van der Waals surface area contributed by atoms with Gasteiger partial charge in [-0.3, -0.25) is 0 Å². The van der Waals surface area contributed by atoms with Crippen molar-refractivity contribution in [3.63, 3.8) is 0 Å². The summed E-state index contributed by atoms with van der Waals surface area (Å²) >= 11 is 1.52. The second-order valence-electron chi connectivity index (χ2n) is 1.71. The Bertz CT molecular complexity index is 262. The number of aromatic nitrogens is 4. The van der Waals surface area contributed by atoms with Crippen LogP contribution < -0.4 is 0 Å². The van der Waals surface area contributed by atoms with Gasteiger partial charge in [0.25, 0.3) is 0 Å². The summed E-state index contributed by atoms with van der Waals surface area (Å²) in [7, 11) is 0. The van der Waals surface area contributed by atoms with Gasteiger partial charge in [0.15, 0.2) is 0 Å². The monoisotopic (exact) mass is 169 g/mol. The number of thioether (sulfide) groups is 1. The van der Waals surface area contributed by atoms with Crippen molar-refractivity contribution in [1.82, 2.24) is 20.2 Å². The first-order valence-electron chi connectivity index (χ1n) is 3.14. The number of hydrogen-bond acceptors (Lipinski definition) is 5. The topological polar surface area (TPSA) is 67.4 Å². The predicted octanol–water partition coefficient (Wildman–Crippen LogP) is 0.309. The summed E-state index contributed by atoms with van der Waals surface area (Å²) in [4.78, 5) is 0. The smallest absolute Gasteiger partial charge is 0.206 e. The fraction of sp³-hybridized carbons (Fsp3) is 0.600. The van der Waals surface area contributed by atoms with Crippen LogP contribution in [0.5, 0.6) is 0 Å². The second-order valence-corrected chi connectivity index (χ2v) is 2.94. The van der Waals surface area contributed by atoms with Crippen molar-refractivity contribution in [1.29, 1.82) is 5.26 Å². The molecule has 11 heavy (non-hydrogen) atoms. The Labute approximate surface area is 68.4 Å². The lowest BCUT2D eigenvalue weighted by Crippen LogP contribution is -1.99. The van der Waals surface area contributed by atoms with E-state index in [1.54, 1.807) is 0 Å². The Morgan fingerprint density at radius 2 is 2.55 bits per heavy atom. The van der Waals surface area contributed by atoms with E-state index < -0.39 is 0 Å². The van der Waals surface area contributed by atoms with Crippen LogP contribution in [0.15, 0.2) is 5.16 Å². The highest BCUT2D eigenvalue weighted by molar-refractivity contribution is 7.99. The van der Waals surface area contributed by atoms with E-state index in [1.165, 1.54) is 16.4 Å². The molecular weight excluding hydrogens is 162 g/mol. The summed E-state index contributed by atoms with van der Waals surface area (Å²) in [6, 6.07) is 1.98. The minimum absolute atomic E-state index is 0.218. The minimum atomic E-state index is 0.218. The molecule has 0 bridgehead atoms. The highest BCUT2D eigenvalue weighted by Gasteiger charge is 2.02. The molecule has 58 valence electrons. The van der Waals surface area contributed by atoms with Crippen LogP contribution in [-0.4, -0.2) is 26.0 Å². The SMILES string of the molecule is CCSc1nnnn1CC#N. The van der Waals surface area contributed by atoms with Gasteiger partial charge in [-0.2, -0.15) is 5.26 Å². The van der Waals surface area contributed by atoms with Crippen molar-refractivity contribution < 1.29 is 0 Å². The Hall–Kier alpha value is -1.09. The highest BCUT2D eigenvalue weighted by atomic mass is 32.2. The van der Waals surface area contributed by atoms with Crippen molar-refractivity contribution >= 4 is 11.8 Å². The Kier molecular flexibility index (Phi) is 2.86. The molecule has 0 aliphatic rings. The molecule has 0 aromatic carbocycles. The summed E-state index contributed by atoms with van der Waals surface area (Å²) in [6.45, 7) is 2.23. The number of hydrogen-bond donors (Lipinski definition) is 0. The van der Waals surface area contributed by atoms with E-state index in [4.69, 9.17) is 5.26 Å². The first-order chi connectivity index (χ1) is 5.38. The molecule has 0 N–H and O–H groups in total. The average molecular weight is 169 g/mol. The molecule has 0 radical (unpaired) electrons. The van der Waals surface area contributed by atoms with Crippen LogP contribution in [0.25, 0.3) is 0 Å². The molecule has 0 atom stereocenters. The third-order valence-corrected chi connectivity index (χ3v) is 1.83. The molecule has 1 heterocycles. The van der Waals surface area contributed by atoms with Crippen LogP contribution in [0.3, 0.4) is 0 Å². The molecule has 5 nitrogen and oxygen atoms in total. The zero-order chi connectivity index (χ0) is 8.10. The first kappa shape index (κ1) is 8.01. The highest BCUT2D eigenvalue weighted by Crippen LogP contribution is 2.11. The molecule has 0 saturated carbocycles. The van der Waals surface area contributed by atoms with Gasteiger partial charge < -0.3 is 0 Å². The van der Waals surface area contributed by atoms with Crippen LogP contribution in [0, 0.1) is 11.3 Å². The number of nitrogens with zero attached hydrogens (tertiary/aromatic N) is 5. The van der Waals surface area contributed by atoms with Crippen molar-refractivity contribution in [2.24, 2.45) is 0 Å². The summed E-state index contributed by atoms with van der Waals surface area (Å²) in [5.41, 5.74) is 0. The fourth-order valence-electron chi connectivity index (χ4n) is 0.595. The normalized spacial score (nSPS) is 9.45. The van der Waals surface area contributed by atoms with Crippen LogP contribution in [0.2, 0.25) is 0 Å². The second kappa shape index (κ2) is 3.93. The van der Waals surface area contributed by atoms with Gasteiger partial charge in [0.1, 0.15) is 6.54 Å². The standard InChI is InChI=1S/C5H7N5S/c1-2-11-5-7-8-9-10(5)4-3-6/h2,4H2,1H3. The fourth-order valence-corrected chi connectivity index (χ4v) is 1.20. The van der Waals surface area contributed by atoms with E-state index in [0.717, 1.165) is 5.75 Å². The van der Waals surface area contributed by atoms with Gasteiger partial charge in [-0.1, -0.05) is 18.7 Å². The van der Waals surface area contributed by atoms with Crippen molar-refractivity contribution in [2.45, 2.75) is 18.6 Å². The van der Waals surface area contributed by atoms with E-state index in [2.05, 4.69) is 15.5 Å². The lowest BCUT2D eigenvalue weighted by molar-refractivity contribution is 0.620. The molecule has 0 aliphatic heterocycles. The summed E-state index contributed by atoms with van der Waals surface area (Å²) < 4.78 is 1.48. The third-order valence-electron chi connectivity index (χ3n) is 0.993. The Morgan fingerprint density at radius 3 is 3.18 bits per heavy atom. The van der Waals surface area contributed by atoms with Crippen LogP contribution in [0.1, 0.15) is 6.92 Å². The van der Waals surface area contributed by atoms with E-state index in [9.17, 15) is 0 Å². The summed E-state index contributed by atoms with van der Waals surface area (Å²) in [6.07, 6.45) is 0. The first-order valence-corrected chi connectivity index (χ1v) is 4.13. The van der Waals surface area contributed by atoms with Crippen molar-refractivity contribution in [2.75, 3.05) is 5.75 Å². The molecular formula is C5H7N5S. The maximum absolute atomic E-state index is 8.36. The van der Waals surface area contributed by atoms with E-state index in [0.29, 0.717) is 5.16 Å². The lowest BCUT2D eigenvalue weighted by atomic mass is 10.7. The molecule has 1 rings (SSSR count). The van der Waals surface area contributed by atoms with Gasteiger partial charge in [-0.25, -0.2) is 4.68 Å². The van der Waals surface area contributed by atoms with Crippen LogP contribution in [0.4, 0.5) is 0 Å². The molecule has 0 unspecified atom stereocenters. The van der Waals surface area contributed by atoms with Gasteiger partial charge in [0.2, 0.25) is 5.16 Å². The van der Waals surface area contributed by atoms with E-state index in [-0.39, 0.29) is 6.54 Å². The van der Waals surface area contributed by atoms with Crippen molar-refractivity contribution in [3.05, 3.63) is 0 Å². The Morgan fingerprint density at radius 1 is 1.73 bits per heavy atom. The Balaban J connectivity index is 2.71. The summed E-state index contributed by atoms with van der Waals surface area (Å²) in [5, 5.41) is 19.9. The number of tetrazole rings is 1. The molecule has 0 aliphatic carbocycles. The number of rotatable bonds is 3. The van der Waals surface area contributed by atoms with Gasteiger partial charge in [-0.15, -0.1) is 5.10 Å². The molecule has 0 spiro atoms. The van der Waals surface area contributed by atoms with Gasteiger partial charge >= 0.3 is 0 Å². The quantitative estimate of drug-likeness (QED) is 0.609. The predicted molar refractivity (Wildman–Crippen MR) is 39.8 cm³/mol. The molecule has 0 saturated heterocycles. The maximum atomic E-state index is 8.36. The van der Waals surface area contributed by atoms with Gasteiger partial charge in [-0.05, 0) is 16.2 Å². The van der Waals surface area contributed by atoms with E-state index >= 15 is 0 Å². The van der Waals surface area contributed by atoms with Gasteiger partial charge in [0, 0.05) is 0 Å². The largest absolute Gasteiger partial charge is 0.210 e. The molecule has 0 amide bonds. The third kappa shape index (κ3) is 1.91. The number of nitriles is 1. The molecule has 1 aromatic heterocycles. The minimum Gasteiger partial charge on any atom is -0.206 e. The van der Waals surface area contributed by atoms with Crippen molar-refractivity contribution in [3.8, 4) is 6.07 Å². The summed E-state index contributed by atoms with van der Waals surface area (Å²) in [5.74, 6) is 0.909. The molecule has 1 aromatic rings. The van der Waals surface area contributed by atoms with Gasteiger partial charge in [0.05, 0.1) is 6.07 Å². The van der Waals surface area contributed by atoms with E-state index in [1.807, 2.05) is 13.0 Å².